The molecule has 104 valence electrons. The SMILES string of the molecule is Fc1cccc(N2CCC(N3CCCCC3)CC2)n1. The Morgan fingerprint density at radius 1 is 1.00 bits per heavy atom. The van der Waals surface area contributed by atoms with Gasteiger partial charge < -0.3 is 9.80 Å². The number of hydrogen-bond donors (Lipinski definition) is 0. The quantitative estimate of drug-likeness (QED) is 0.765. The lowest BCUT2D eigenvalue weighted by Gasteiger charge is -2.40. The maximum absolute atomic E-state index is 13.1. The van der Waals surface area contributed by atoms with Gasteiger partial charge in [-0.05, 0) is 50.9 Å². The zero-order valence-electron chi connectivity index (χ0n) is 11.4. The van der Waals surface area contributed by atoms with Crippen molar-refractivity contribution in [1.82, 2.24) is 9.88 Å². The van der Waals surface area contributed by atoms with Crippen LogP contribution in [0.5, 0.6) is 0 Å². The summed E-state index contributed by atoms with van der Waals surface area (Å²) in [4.78, 5) is 8.84. The molecule has 3 nitrogen and oxygen atoms in total. The van der Waals surface area contributed by atoms with Crippen molar-refractivity contribution in [3.8, 4) is 0 Å². The Morgan fingerprint density at radius 3 is 2.42 bits per heavy atom. The predicted octanol–water partition coefficient (Wildman–Crippen LogP) is 2.68. The number of likely N-dealkylation sites (tertiary alicyclic amines) is 1. The van der Waals surface area contributed by atoms with Gasteiger partial charge in [0.2, 0.25) is 5.95 Å². The van der Waals surface area contributed by atoms with E-state index in [1.54, 1.807) is 6.07 Å². The van der Waals surface area contributed by atoms with Gasteiger partial charge in [0.15, 0.2) is 0 Å². The summed E-state index contributed by atoms with van der Waals surface area (Å²) in [7, 11) is 0. The number of anilines is 1. The number of piperidine rings is 2. The summed E-state index contributed by atoms with van der Waals surface area (Å²) in [6, 6.07) is 5.79. The van der Waals surface area contributed by atoms with E-state index in [9.17, 15) is 4.39 Å². The van der Waals surface area contributed by atoms with E-state index in [4.69, 9.17) is 0 Å². The van der Waals surface area contributed by atoms with Crippen LogP contribution < -0.4 is 4.90 Å². The number of nitrogens with zero attached hydrogens (tertiary/aromatic N) is 3. The summed E-state index contributed by atoms with van der Waals surface area (Å²) in [5.41, 5.74) is 0. The van der Waals surface area contributed by atoms with Gasteiger partial charge in [-0.3, -0.25) is 0 Å². The molecule has 0 aromatic carbocycles. The van der Waals surface area contributed by atoms with E-state index < -0.39 is 0 Å². The Bertz CT molecular complexity index is 410. The highest BCUT2D eigenvalue weighted by atomic mass is 19.1. The van der Waals surface area contributed by atoms with Crippen molar-refractivity contribution in [3.05, 3.63) is 24.1 Å². The van der Waals surface area contributed by atoms with E-state index >= 15 is 0 Å². The van der Waals surface area contributed by atoms with Crippen LogP contribution in [0, 0.1) is 5.95 Å². The number of pyridine rings is 1. The third kappa shape index (κ3) is 3.06. The highest BCUT2D eigenvalue weighted by Crippen LogP contribution is 2.23. The highest BCUT2D eigenvalue weighted by Gasteiger charge is 2.25. The first-order chi connectivity index (χ1) is 9.33. The van der Waals surface area contributed by atoms with Gasteiger partial charge in [-0.2, -0.15) is 4.39 Å². The molecule has 0 aliphatic carbocycles. The molecular formula is C15H22FN3. The minimum Gasteiger partial charge on any atom is -0.356 e. The first kappa shape index (κ1) is 12.9. The molecule has 1 aromatic heterocycles. The molecular weight excluding hydrogens is 241 g/mol. The van der Waals surface area contributed by atoms with Crippen molar-refractivity contribution in [3.63, 3.8) is 0 Å². The number of aromatic nitrogens is 1. The standard InChI is InChI=1S/C15H22FN3/c16-14-5-4-6-15(17-14)19-11-7-13(8-12-19)18-9-2-1-3-10-18/h4-6,13H,1-3,7-12H2. The summed E-state index contributed by atoms with van der Waals surface area (Å²) >= 11 is 0. The van der Waals surface area contributed by atoms with Crippen LogP contribution in [-0.2, 0) is 0 Å². The predicted molar refractivity (Wildman–Crippen MR) is 74.9 cm³/mol. The fourth-order valence-electron chi connectivity index (χ4n) is 3.32. The van der Waals surface area contributed by atoms with E-state index in [2.05, 4.69) is 14.8 Å². The van der Waals surface area contributed by atoms with E-state index in [-0.39, 0.29) is 5.95 Å². The van der Waals surface area contributed by atoms with Crippen LogP contribution in [-0.4, -0.2) is 42.1 Å². The third-order valence-electron chi connectivity index (χ3n) is 4.40. The molecule has 2 saturated heterocycles. The third-order valence-corrected chi connectivity index (χ3v) is 4.40. The molecule has 3 rings (SSSR count). The van der Waals surface area contributed by atoms with Gasteiger partial charge >= 0.3 is 0 Å². The molecule has 0 saturated carbocycles. The van der Waals surface area contributed by atoms with Gasteiger partial charge in [0.25, 0.3) is 0 Å². The molecule has 2 aliphatic heterocycles. The summed E-state index contributed by atoms with van der Waals surface area (Å²) in [5.74, 6) is 0.410. The molecule has 2 aliphatic rings. The summed E-state index contributed by atoms with van der Waals surface area (Å²) in [5, 5.41) is 0. The maximum atomic E-state index is 13.1. The minimum absolute atomic E-state index is 0.379. The fraction of sp³-hybridized carbons (Fsp3) is 0.667. The molecule has 0 amide bonds. The molecule has 0 bridgehead atoms. The van der Waals surface area contributed by atoms with Crippen LogP contribution in [0.15, 0.2) is 18.2 Å². The molecule has 0 unspecified atom stereocenters. The number of rotatable bonds is 2. The monoisotopic (exact) mass is 263 g/mol. The van der Waals surface area contributed by atoms with E-state index in [0.717, 1.165) is 24.9 Å². The smallest absolute Gasteiger partial charge is 0.214 e. The molecule has 19 heavy (non-hydrogen) atoms. The van der Waals surface area contributed by atoms with E-state index in [1.807, 2.05) is 6.07 Å². The van der Waals surface area contributed by atoms with Crippen LogP contribution in [0.4, 0.5) is 10.2 Å². The van der Waals surface area contributed by atoms with Crippen molar-refractivity contribution in [2.45, 2.75) is 38.1 Å². The van der Waals surface area contributed by atoms with Gasteiger partial charge in [-0.1, -0.05) is 12.5 Å². The average Bonchev–Trinajstić information content (AvgIpc) is 2.48. The van der Waals surface area contributed by atoms with Gasteiger partial charge in [0.1, 0.15) is 5.82 Å². The van der Waals surface area contributed by atoms with Crippen molar-refractivity contribution in [1.29, 1.82) is 0 Å². The topological polar surface area (TPSA) is 19.4 Å². The van der Waals surface area contributed by atoms with Crippen LogP contribution in [0.2, 0.25) is 0 Å². The second-order valence-electron chi connectivity index (χ2n) is 5.63. The Hall–Kier alpha value is -1.16. The Morgan fingerprint density at radius 2 is 1.74 bits per heavy atom. The molecule has 1 aromatic rings. The second kappa shape index (κ2) is 5.87. The van der Waals surface area contributed by atoms with Crippen molar-refractivity contribution in [2.75, 3.05) is 31.1 Å². The summed E-state index contributed by atoms with van der Waals surface area (Å²) in [6.45, 7) is 4.53. The number of halogens is 1. The van der Waals surface area contributed by atoms with E-state index in [0.29, 0.717) is 0 Å². The first-order valence-electron chi connectivity index (χ1n) is 7.44. The molecule has 4 heteroatoms. The largest absolute Gasteiger partial charge is 0.356 e. The highest BCUT2D eigenvalue weighted by molar-refractivity contribution is 5.38. The Labute approximate surface area is 114 Å². The molecule has 0 radical (unpaired) electrons. The summed E-state index contributed by atoms with van der Waals surface area (Å²) < 4.78 is 13.1. The lowest BCUT2D eigenvalue weighted by Crippen LogP contribution is -2.46. The second-order valence-corrected chi connectivity index (χ2v) is 5.63. The fourth-order valence-corrected chi connectivity index (χ4v) is 3.32. The Balaban J connectivity index is 1.57. The maximum Gasteiger partial charge on any atom is 0.214 e. The van der Waals surface area contributed by atoms with Crippen LogP contribution in [0.1, 0.15) is 32.1 Å². The van der Waals surface area contributed by atoms with E-state index in [1.165, 1.54) is 51.3 Å². The van der Waals surface area contributed by atoms with Crippen LogP contribution in [0.3, 0.4) is 0 Å². The lowest BCUT2D eigenvalue weighted by atomic mass is 10.00. The molecule has 0 N–H and O–H groups in total. The van der Waals surface area contributed by atoms with Gasteiger partial charge in [0, 0.05) is 19.1 Å². The molecule has 2 fully saturated rings. The normalized spacial score (nSPS) is 22.7. The van der Waals surface area contributed by atoms with Gasteiger partial charge in [-0.25, -0.2) is 4.98 Å². The molecule has 3 heterocycles. The average molecular weight is 263 g/mol. The molecule has 0 atom stereocenters. The van der Waals surface area contributed by atoms with Crippen LogP contribution in [0.25, 0.3) is 0 Å². The Kier molecular flexibility index (Phi) is 3.97. The van der Waals surface area contributed by atoms with Crippen LogP contribution >= 0.6 is 0 Å². The summed E-state index contributed by atoms with van der Waals surface area (Å²) in [6.07, 6.45) is 6.45. The zero-order valence-corrected chi connectivity index (χ0v) is 11.4. The zero-order chi connectivity index (χ0) is 13.1. The van der Waals surface area contributed by atoms with Gasteiger partial charge in [-0.15, -0.1) is 0 Å². The van der Waals surface area contributed by atoms with Crippen molar-refractivity contribution >= 4 is 5.82 Å². The number of hydrogen-bond acceptors (Lipinski definition) is 3. The van der Waals surface area contributed by atoms with Gasteiger partial charge in [0.05, 0.1) is 0 Å². The first-order valence-corrected chi connectivity index (χ1v) is 7.44. The lowest BCUT2D eigenvalue weighted by molar-refractivity contribution is 0.141. The van der Waals surface area contributed by atoms with Crippen molar-refractivity contribution in [2.24, 2.45) is 0 Å². The molecule has 0 spiro atoms. The van der Waals surface area contributed by atoms with Crippen molar-refractivity contribution < 1.29 is 4.39 Å². The minimum atomic E-state index is -0.379.